The van der Waals surface area contributed by atoms with Crippen LogP contribution in [0, 0.1) is 17.7 Å². The van der Waals surface area contributed by atoms with Crippen LogP contribution in [0.1, 0.15) is 43.5 Å². The molecular formula is C18H26FN3O2. The van der Waals surface area contributed by atoms with E-state index in [2.05, 4.69) is 16.0 Å². The third-order valence-corrected chi connectivity index (χ3v) is 4.10. The maximum Gasteiger partial charge on any atom is 0.251 e. The fourth-order valence-electron chi connectivity index (χ4n) is 2.78. The quantitative estimate of drug-likeness (QED) is 0.717. The number of carbonyl (C=O) groups is 2. The molecule has 0 spiro atoms. The first kappa shape index (κ1) is 18.4. The minimum absolute atomic E-state index is 0.106. The lowest BCUT2D eigenvalue weighted by Gasteiger charge is -2.11. The van der Waals surface area contributed by atoms with Gasteiger partial charge in [-0.1, -0.05) is 13.8 Å². The highest BCUT2D eigenvalue weighted by atomic mass is 19.1. The van der Waals surface area contributed by atoms with Crippen molar-refractivity contribution in [2.45, 2.75) is 33.1 Å². The number of nitrogens with one attached hydrogen (secondary N) is 3. The monoisotopic (exact) mass is 335 g/mol. The van der Waals surface area contributed by atoms with Crippen molar-refractivity contribution in [3.63, 3.8) is 0 Å². The van der Waals surface area contributed by atoms with Crippen molar-refractivity contribution in [1.82, 2.24) is 10.6 Å². The zero-order valence-electron chi connectivity index (χ0n) is 14.3. The molecule has 0 radical (unpaired) electrons. The van der Waals surface area contributed by atoms with Crippen LogP contribution in [0.15, 0.2) is 18.2 Å². The summed E-state index contributed by atoms with van der Waals surface area (Å²) in [4.78, 5) is 23.8. The van der Waals surface area contributed by atoms with E-state index in [1.54, 1.807) is 0 Å². The maximum atomic E-state index is 14.1. The van der Waals surface area contributed by atoms with Crippen LogP contribution in [-0.2, 0) is 4.79 Å². The third kappa shape index (κ3) is 5.60. The number of rotatable bonds is 7. The summed E-state index contributed by atoms with van der Waals surface area (Å²) in [6, 6.07) is 4.13. The molecule has 1 unspecified atom stereocenters. The van der Waals surface area contributed by atoms with E-state index in [-0.39, 0.29) is 29.0 Å². The summed E-state index contributed by atoms with van der Waals surface area (Å²) in [6.45, 7) is 6.46. The van der Waals surface area contributed by atoms with Gasteiger partial charge in [0, 0.05) is 18.5 Å². The Morgan fingerprint density at radius 1 is 1.38 bits per heavy atom. The molecule has 1 heterocycles. The van der Waals surface area contributed by atoms with Gasteiger partial charge in [0.25, 0.3) is 5.91 Å². The van der Waals surface area contributed by atoms with E-state index >= 15 is 0 Å². The molecule has 1 aromatic carbocycles. The summed E-state index contributed by atoms with van der Waals surface area (Å²) in [6.07, 6.45) is 2.39. The summed E-state index contributed by atoms with van der Waals surface area (Å²) >= 11 is 0. The van der Waals surface area contributed by atoms with Gasteiger partial charge >= 0.3 is 0 Å². The Morgan fingerprint density at radius 2 is 2.17 bits per heavy atom. The minimum Gasteiger partial charge on any atom is -0.352 e. The molecule has 0 aromatic heterocycles. The summed E-state index contributed by atoms with van der Waals surface area (Å²) in [5.41, 5.74) is 0.369. The van der Waals surface area contributed by atoms with Crippen LogP contribution in [0.5, 0.6) is 0 Å². The van der Waals surface area contributed by atoms with Crippen LogP contribution in [0.25, 0.3) is 0 Å². The summed E-state index contributed by atoms with van der Waals surface area (Å²) < 4.78 is 14.1. The standard InChI is InChI=1S/C18H26FN3O2/c1-12(2)9-17(23)22-16-4-3-14(10-15(16)19)18(24)21-8-6-13-5-7-20-11-13/h3-4,10,12-13,20H,5-9,11H2,1-2H3,(H,21,24)(H,22,23). The topological polar surface area (TPSA) is 70.2 Å². The number of hydrogen-bond acceptors (Lipinski definition) is 3. The Labute approximate surface area is 142 Å². The Bertz CT molecular complexity index is 584. The van der Waals surface area contributed by atoms with Gasteiger partial charge in [-0.15, -0.1) is 0 Å². The van der Waals surface area contributed by atoms with Crippen LogP contribution in [-0.4, -0.2) is 31.4 Å². The second-order valence-corrected chi connectivity index (χ2v) is 6.74. The average molecular weight is 335 g/mol. The van der Waals surface area contributed by atoms with E-state index in [0.717, 1.165) is 32.0 Å². The van der Waals surface area contributed by atoms with Crippen molar-refractivity contribution in [3.05, 3.63) is 29.6 Å². The molecule has 132 valence electrons. The van der Waals surface area contributed by atoms with E-state index in [0.29, 0.717) is 18.9 Å². The zero-order valence-corrected chi connectivity index (χ0v) is 14.3. The molecule has 1 aliphatic rings. The summed E-state index contributed by atoms with van der Waals surface area (Å²) in [5.74, 6) is -0.320. The van der Waals surface area contributed by atoms with Gasteiger partial charge in [0.05, 0.1) is 5.69 Å². The van der Waals surface area contributed by atoms with E-state index < -0.39 is 5.82 Å². The normalized spacial score (nSPS) is 17.1. The van der Waals surface area contributed by atoms with Gasteiger partial charge in [-0.3, -0.25) is 9.59 Å². The average Bonchev–Trinajstić information content (AvgIpc) is 3.01. The second-order valence-electron chi connectivity index (χ2n) is 6.74. The van der Waals surface area contributed by atoms with Gasteiger partial charge in [0.2, 0.25) is 5.91 Å². The fourth-order valence-corrected chi connectivity index (χ4v) is 2.78. The number of carbonyl (C=O) groups excluding carboxylic acids is 2. The minimum atomic E-state index is -0.597. The molecule has 1 aliphatic heterocycles. The van der Waals surface area contributed by atoms with Crippen LogP contribution < -0.4 is 16.0 Å². The molecule has 2 rings (SSSR count). The Kier molecular flexibility index (Phi) is 6.73. The maximum absolute atomic E-state index is 14.1. The van der Waals surface area contributed by atoms with Gasteiger partial charge in [0.1, 0.15) is 5.82 Å². The smallest absolute Gasteiger partial charge is 0.251 e. The van der Waals surface area contributed by atoms with Crippen molar-refractivity contribution in [1.29, 1.82) is 0 Å². The Hall–Kier alpha value is -1.95. The Morgan fingerprint density at radius 3 is 2.79 bits per heavy atom. The van der Waals surface area contributed by atoms with Gasteiger partial charge in [-0.2, -0.15) is 0 Å². The first-order chi connectivity index (χ1) is 11.5. The molecule has 24 heavy (non-hydrogen) atoms. The van der Waals surface area contributed by atoms with Gasteiger partial charge in [-0.05, 0) is 56.0 Å². The number of amides is 2. The highest BCUT2D eigenvalue weighted by molar-refractivity contribution is 5.96. The van der Waals surface area contributed by atoms with E-state index in [9.17, 15) is 14.0 Å². The fraction of sp³-hybridized carbons (Fsp3) is 0.556. The van der Waals surface area contributed by atoms with Gasteiger partial charge < -0.3 is 16.0 Å². The second kappa shape index (κ2) is 8.78. The lowest BCUT2D eigenvalue weighted by Crippen LogP contribution is -2.26. The van der Waals surface area contributed by atoms with Gasteiger partial charge in [-0.25, -0.2) is 4.39 Å². The molecule has 3 N–H and O–H groups in total. The molecule has 5 nitrogen and oxygen atoms in total. The van der Waals surface area contributed by atoms with E-state index in [4.69, 9.17) is 0 Å². The molecule has 0 saturated carbocycles. The largest absolute Gasteiger partial charge is 0.352 e. The van der Waals surface area contributed by atoms with Crippen molar-refractivity contribution in [3.8, 4) is 0 Å². The molecule has 1 aromatic rings. The molecule has 6 heteroatoms. The van der Waals surface area contributed by atoms with Crippen molar-refractivity contribution < 1.29 is 14.0 Å². The summed E-state index contributed by atoms with van der Waals surface area (Å²) in [7, 11) is 0. The third-order valence-electron chi connectivity index (χ3n) is 4.10. The zero-order chi connectivity index (χ0) is 17.5. The molecule has 0 bridgehead atoms. The lowest BCUT2D eigenvalue weighted by atomic mass is 10.1. The molecule has 0 aliphatic carbocycles. The highest BCUT2D eigenvalue weighted by Gasteiger charge is 2.15. The van der Waals surface area contributed by atoms with Crippen LogP contribution in [0.2, 0.25) is 0 Å². The predicted molar refractivity (Wildman–Crippen MR) is 92.4 cm³/mol. The number of anilines is 1. The van der Waals surface area contributed by atoms with Crippen molar-refractivity contribution >= 4 is 17.5 Å². The SMILES string of the molecule is CC(C)CC(=O)Nc1ccc(C(=O)NCCC2CCNC2)cc1F. The number of halogens is 1. The van der Waals surface area contributed by atoms with E-state index in [1.807, 2.05) is 13.8 Å². The Balaban J connectivity index is 1.85. The first-order valence-electron chi connectivity index (χ1n) is 8.54. The molecule has 2 amide bonds. The molecular weight excluding hydrogens is 309 g/mol. The van der Waals surface area contributed by atoms with Crippen LogP contribution in [0.3, 0.4) is 0 Å². The summed E-state index contributed by atoms with van der Waals surface area (Å²) in [5, 5.41) is 8.64. The molecule has 1 atom stereocenters. The molecule has 1 saturated heterocycles. The number of benzene rings is 1. The lowest BCUT2D eigenvalue weighted by molar-refractivity contribution is -0.116. The van der Waals surface area contributed by atoms with Crippen LogP contribution >= 0.6 is 0 Å². The van der Waals surface area contributed by atoms with Crippen molar-refractivity contribution in [2.75, 3.05) is 25.0 Å². The highest BCUT2D eigenvalue weighted by Crippen LogP contribution is 2.17. The van der Waals surface area contributed by atoms with Crippen molar-refractivity contribution in [2.24, 2.45) is 11.8 Å². The van der Waals surface area contributed by atoms with E-state index in [1.165, 1.54) is 12.1 Å². The van der Waals surface area contributed by atoms with Gasteiger partial charge in [0.15, 0.2) is 0 Å². The van der Waals surface area contributed by atoms with Crippen LogP contribution in [0.4, 0.5) is 10.1 Å². The first-order valence-corrected chi connectivity index (χ1v) is 8.54. The number of hydrogen-bond donors (Lipinski definition) is 3. The molecule has 1 fully saturated rings. The predicted octanol–water partition coefficient (Wildman–Crippen LogP) is 2.54.